The number of likely N-dealkylation sites (N-methyl/N-ethyl adjacent to an activating group) is 1. The van der Waals surface area contributed by atoms with Gasteiger partial charge in [0.1, 0.15) is 0 Å². The van der Waals surface area contributed by atoms with Gasteiger partial charge in [-0.05, 0) is 36.8 Å². The first kappa shape index (κ1) is 23.4. The average Bonchev–Trinajstić information content (AvgIpc) is 3.29. The first-order valence-electron chi connectivity index (χ1n) is 11.8. The van der Waals surface area contributed by atoms with E-state index in [2.05, 4.69) is 40.5 Å². The quantitative estimate of drug-likeness (QED) is 0.382. The van der Waals surface area contributed by atoms with Crippen LogP contribution in [0.2, 0.25) is 0 Å². The van der Waals surface area contributed by atoms with Crippen LogP contribution in [0.25, 0.3) is 33.5 Å². The van der Waals surface area contributed by atoms with Crippen LogP contribution in [0, 0.1) is 0 Å². The lowest BCUT2D eigenvalue weighted by Gasteiger charge is -2.31. The SMILES string of the molecule is CCNC(=O)Nc1nc2cc(-c3ccc(CN4CCN(C)C(=O)C4)nc3)cc(-c3ncccn3)c2[nH]1. The molecule has 0 radical (unpaired) electrons. The summed E-state index contributed by atoms with van der Waals surface area (Å²) in [5.74, 6) is 1.00. The van der Waals surface area contributed by atoms with E-state index in [1.54, 1.807) is 23.4 Å². The zero-order valence-electron chi connectivity index (χ0n) is 20.2. The van der Waals surface area contributed by atoms with E-state index in [0.29, 0.717) is 36.9 Å². The summed E-state index contributed by atoms with van der Waals surface area (Å²) < 4.78 is 0. The molecule has 1 fully saturated rings. The Morgan fingerprint density at radius 3 is 2.67 bits per heavy atom. The van der Waals surface area contributed by atoms with Crippen LogP contribution in [-0.4, -0.2) is 79.9 Å². The van der Waals surface area contributed by atoms with Gasteiger partial charge in [0, 0.05) is 62.9 Å². The number of H-pyrrole nitrogens is 1. The largest absolute Gasteiger partial charge is 0.343 e. The van der Waals surface area contributed by atoms with E-state index in [1.165, 1.54) is 0 Å². The summed E-state index contributed by atoms with van der Waals surface area (Å²) >= 11 is 0. The van der Waals surface area contributed by atoms with Crippen LogP contribution in [0.3, 0.4) is 0 Å². The molecular formula is C25H27N9O2. The normalized spacial score (nSPS) is 14.3. The number of carbonyl (C=O) groups is 2. The third-order valence-corrected chi connectivity index (χ3v) is 6.05. The highest BCUT2D eigenvalue weighted by Gasteiger charge is 2.21. The average molecular weight is 486 g/mol. The van der Waals surface area contributed by atoms with E-state index in [1.807, 2.05) is 44.4 Å². The molecule has 4 aromatic rings. The molecule has 184 valence electrons. The van der Waals surface area contributed by atoms with Gasteiger partial charge in [-0.15, -0.1) is 0 Å². The number of nitrogens with one attached hydrogen (secondary N) is 3. The summed E-state index contributed by atoms with van der Waals surface area (Å²) in [7, 11) is 1.83. The Kier molecular flexibility index (Phi) is 6.54. The molecule has 1 saturated heterocycles. The Labute approximate surface area is 208 Å². The lowest BCUT2D eigenvalue weighted by atomic mass is 10.0. The number of nitrogens with zero attached hydrogens (tertiary/aromatic N) is 6. The van der Waals surface area contributed by atoms with E-state index >= 15 is 0 Å². The van der Waals surface area contributed by atoms with Crippen LogP contribution in [0.1, 0.15) is 12.6 Å². The van der Waals surface area contributed by atoms with Gasteiger partial charge in [0.05, 0.1) is 23.3 Å². The van der Waals surface area contributed by atoms with Crippen molar-refractivity contribution in [2.45, 2.75) is 13.5 Å². The second kappa shape index (κ2) is 10.1. The highest BCUT2D eigenvalue weighted by Crippen LogP contribution is 2.32. The van der Waals surface area contributed by atoms with Gasteiger partial charge in [-0.3, -0.25) is 20.0 Å². The number of benzene rings is 1. The second-order valence-electron chi connectivity index (χ2n) is 8.62. The second-order valence-corrected chi connectivity index (χ2v) is 8.62. The number of fused-ring (bicyclic) bond motifs is 1. The molecule has 11 nitrogen and oxygen atoms in total. The summed E-state index contributed by atoms with van der Waals surface area (Å²) in [5.41, 5.74) is 4.86. The summed E-state index contributed by atoms with van der Waals surface area (Å²) in [6.07, 6.45) is 5.19. The number of rotatable bonds is 6. The highest BCUT2D eigenvalue weighted by molar-refractivity contribution is 5.97. The van der Waals surface area contributed by atoms with Crippen molar-refractivity contribution >= 4 is 28.9 Å². The van der Waals surface area contributed by atoms with Gasteiger partial charge in [-0.25, -0.2) is 19.7 Å². The molecule has 36 heavy (non-hydrogen) atoms. The molecule has 3 N–H and O–H groups in total. The molecule has 1 aliphatic heterocycles. The van der Waals surface area contributed by atoms with Crippen LogP contribution < -0.4 is 10.6 Å². The zero-order chi connectivity index (χ0) is 25.1. The van der Waals surface area contributed by atoms with E-state index in [0.717, 1.165) is 41.0 Å². The molecule has 1 aliphatic rings. The minimum absolute atomic E-state index is 0.127. The van der Waals surface area contributed by atoms with Crippen molar-refractivity contribution in [2.24, 2.45) is 0 Å². The van der Waals surface area contributed by atoms with Crippen LogP contribution in [-0.2, 0) is 11.3 Å². The lowest BCUT2D eigenvalue weighted by molar-refractivity contribution is -0.134. The predicted octanol–water partition coefficient (Wildman–Crippen LogP) is 2.50. The smallest absolute Gasteiger partial charge is 0.321 e. The number of anilines is 1. The standard InChI is InChI=1S/C25H27N9O2/c1-3-26-25(36)32-24-30-20-12-17(11-19(22(20)31-24)23-27-7-4-8-28-23)16-5-6-18(29-13-16)14-34-10-9-33(2)21(35)15-34/h4-8,11-13H,3,9-10,14-15H2,1-2H3,(H3,26,30,31,32,36). The van der Waals surface area contributed by atoms with Gasteiger partial charge in [-0.2, -0.15) is 0 Å². The van der Waals surface area contributed by atoms with E-state index < -0.39 is 0 Å². The fourth-order valence-corrected chi connectivity index (χ4v) is 4.13. The van der Waals surface area contributed by atoms with Crippen molar-refractivity contribution in [2.75, 3.05) is 38.5 Å². The number of piperazine rings is 1. The van der Waals surface area contributed by atoms with Gasteiger partial charge in [0.2, 0.25) is 11.9 Å². The highest BCUT2D eigenvalue weighted by atomic mass is 16.2. The van der Waals surface area contributed by atoms with Crippen molar-refractivity contribution in [1.29, 1.82) is 0 Å². The predicted molar refractivity (Wildman–Crippen MR) is 136 cm³/mol. The lowest BCUT2D eigenvalue weighted by Crippen LogP contribution is -2.48. The van der Waals surface area contributed by atoms with E-state index in [-0.39, 0.29) is 11.9 Å². The molecule has 0 aliphatic carbocycles. The summed E-state index contributed by atoms with van der Waals surface area (Å²) in [6, 6.07) is 9.34. The molecule has 0 saturated carbocycles. The monoisotopic (exact) mass is 485 g/mol. The maximum atomic E-state index is 12.0. The first-order chi connectivity index (χ1) is 17.5. The van der Waals surface area contributed by atoms with Crippen molar-refractivity contribution in [1.82, 2.24) is 40.0 Å². The number of carbonyl (C=O) groups excluding carboxylic acids is 2. The van der Waals surface area contributed by atoms with Crippen LogP contribution in [0.4, 0.5) is 10.7 Å². The van der Waals surface area contributed by atoms with Crippen LogP contribution in [0.15, 0.2) is 48.9 Å². The molecular weight excluding hydrogens is 458 g/mol. The topological polar surface area (TPSA) is 132 Å². The summed E-state index contributed by atoms with van der Waals surface area (Å²) in [5, 5.41) is 5.41. The number of aromatic nitrogens is 5. The Hall–Kier alpha value is -4.38. The fourth-order valence-electron chi connectivity index (χ4n) is 4.13. The maximum Gasteiger partial charge on any atom is 0.321 e. The van der Waals surface area contributed by atoms with Crippen LogP contribution in [0.5, 0.6) is 0 Å². The first-order valence-corrected chi connectivity index (χ1v) is 11.8. The molecule has 3 aromatic heterocycles. The number of imidazole rings is 1. The Bertz CT molecular complexity index is 1390. The van der Waals surface area contributed by atoms with Gasteiger partial charge in [0.25, 0.3) is 0 Å². The zero-order valence-corrected chi connectivity index (χ0v) is 20.2. The number of aromatic amines is 1. The molecule has 0 unspecified atom stereocenters. The Morgan fingerprint density at radius 1 is 1.11 bits per heavy atom. The molecule has 5 rings (SSSR count). The van der Waals surface area contributed by atoms with Crippen molar-refractivity contribution in [3.63, 3.8) is 0 Å². The minimum atomic E-state index is -0.337. The number of pyridine rings is 1. The van der Waals surface area contributed by atoms with Gasteiger partial charge in [-0.1, -0.05) is 6.07 Å². The number of amides is 3. The van der Waals surface area contributed by atoms with Crippen molar-refractivity contribution in [3.8, 4) is 22.5 Å². The molecule has 11 heteroatoms. The number of hydrogen-bond acceptors (Lipinski definition) is 7. The molecule has 4 heterocycles. The fraction of sp³-hybridized carbons (Fsp3) is 0.280. The number of hydrogen-bond donors (Lipinski definition) is 3. The van der Waals surface area contributed by atoms with Crippen LogP contribution >= 0.6 is 0 Å². The third-order valence-electron chi connectivity index (χ3n) is 6.05. The maximum absolute atomic E-state index is 12.0. The van der Waals surface area contributed by atoms with E-state index in [9.17, 15) is 9.59 Å². The molecule has 0 bridgehead atoms. The summed E-state index contributed by atoms with van der Waals surface area (Å²) in [4.78, 5) is 49.1. The third kappa shape index (κ3) is 5.01. The minimum Gasteiger partial charge on any atom is -0.343 e. The number of urea groups is 1. The molecule has 0 spiro atoms. The van der Waals surface area contributed by atoms with Crippen molar-refractivity contribution < 1.29 is 9.59 Å². The van der Waals surface area contributed by atoms with Gasteiger partial charge < -0.3 is 15.2 Å². The summed E-state index contributed by atoms with van der Waals surface area (Å²) in [6.45, 7) is 4.93. The van der Waals surface area contributed by atoms with E-state index in [4.69, 9.17) is 0 Å². The van der Waals surface area contributed by atoms with Gasteiger partial charge in [0.15, 0.2) is 5.82 Å². The Morgan fingerprint density at radius 2 is 1.94 bits per heavy atom. The molecule has 0 atom stereocenters. The molecule has 1 aromatic carbocycles. The Balaban J connectivity index is 1.45. The molecule has 3 amide bonds. The van der Waals surface area contributed by atoms with Crippen molar-refractivity contribution in [3.05, 3.63) is 54.6 Å². The van der Waals surface area contributed by atoms with Gasteiger partial charge >= 0.3 is 6.03 Å².